The van der Waals surface area contributed by atoms with Crippen molar-refractivity contribution in [3.63, 3.8) is 0 Å². The molecule has 0 saturated heterocycles. The first kappa shape index (κ1) is 15.9. The molecule has 0 aliphatic heterocycles. The zero-order chi connectivity index (χ0) is 17.3. The number of hydrogen-bond donors (Lipinski definition) is 2. The van der Waals surface area contributed by atoms with Gasteiger partial charge in [0.25, 0.3) is 5.91 Å². The average Bonchev–Trinajstić information content (AvgIpc) is 2.55. The fraction of sp³-hybridized carbons (Fsp3) is 0.111. The Morgan fingerprint density at radius 1 is 1.12 bits per heavy atom. The molecule has 2 N–H and O–H groups in total. The van der Waals surface area contributed by atoms with Crippen LogP contribution in [-0.4, -0.2) is 10.9 Å². The third-order valence-corrected chi connectivity index (χ3v) is 3.70. The summed E-state index contributed by atoms with van der Waals surface area (Å²) in [5.74, 6) is -2.42. The average molecular weight is 328 g/mol. The standard InChI is InChI=1S/C18H14F2N2O2/c1-2-11-9-17(23)14-8-12(4-6-16(14)21-11)22-18(24)13-5-3-10(19)7-15(13)20/h3-9H,2H2,1H3,(H,21,23)(H,22,24). The number of nitrogens with one attached hydrogen (secondary N) is 2. The van der Waals surface area contributed by atoms with Crippen molar-refractivity contribution in [2.75, 3.05) is 5.32 Å². The Morgan fingerprint density at radius 2 is 1.92 bits per heavy atom. The van der Waals surface area contributed by atoms with Crippen LogP contribution in [0.1, 0.15) is 23.0 Å². The second-order valence-corrected chi connectivity index (χ2v) is 5.35. The van der Waals surface area contributed by atoms with Gasteiger partial charge < -0.3 is 10.3 Å². The number of hydrogen-bond acceptors (Lipinski definition) is 2. The highest BCUT2D eigenvalue weighted by Crippen LogP contribution is 2.17. The quantitative estimate of drug-likeness (QED) is 0.771. The lowest BCUT2D eigenvalue weighted by Crippen LogP contribution is -2.14. The number of pyridine rings is 1. The van der Waals surface area contributed by atoms with Crippen molar-refractivity contribution >= 4 is 22.5 Å². The fourth-order valence-electron chi connectivity index (χ4n) is 2.44. The predicted octanol–water partition coefficient (Wildman–Crippen LogP) is 3.62. The summed E-state index contributed by atoms with van der Waals surface area (Å²) in [5.41, 5.74) is 1.39. The molecule has 6 heteroatoms. The number of aryl methyl sites for hydroxylation is 1. The van der Waals surface area contributed by atoms with Crippen molar-refractivity contribution < 1.29 is 13.6 Å². The van der Waals surface area contributed by atoms with Crippen molar-refractivity contribution in [1.82, 2.24) is 4.98 Å². The van der Waals surface area contributed by atoms with Crippen molar-refractivity contribution in [2.45, 2.75) is 13.3 Å². The fourth-order valence-corrected chi connectivity index (χ4v) is 2.44. The lowest BCUT2D eigenvalue weighted by atomic mass is 10.1. The predicted molar refractivity (Wildman–Crippen MR) is 88.3 cm³/mol. The van der Waals surface area contributed by atoms with E-state index in [1.165, 1.54) is 12.1 Å². The van der Waals surface area contributed by atoms with Crippen LogP contribution in [0.4, 0.5) is 14.5 Å². The SMILES string of the molecule is CCc1cc(=O)c2cc(NC(=O)c3ccc(F)cc3F)ccc2[nH]1. The van der Waals surface area contributed by atoms with E-state index in [4.69, 9.17) is 0 Å². The van der Waals surface area contributed by atoms with E-state index >= 15 is 0 Å². The number of benzene rings is 2. The summed E-state index contributed by atoms with van der Waals surface area (Å²) in [6, 6.07) is 9.03. The minimum atomic E-state index is -0.946. The van der Waals surface area contributed by atoms with E-state index in [0.717, 1.165) is 17.8 Å². The van der Waals surface area contributed by atoms with E-state index < -0.39 is 17.5 Å². The zero-order valence-electron chi connectivity index (χ0n) is 12.8. The Bertz CT molecular complexity index is 996. The molecule has 4 nitrogen and oxygen atoms in total. The molecule has 0 unspecified atom stereocenters. The smallest absolute Gasteiger partial charge is 0.258 e. The van der Waals surface area contributed by atoms with Crippen LogP contribution in [0, 0.1) is 11.6 Å². The van der Waals surface area contributed by atoms with Gasteiger partial charge in [-0.05, 0) is 36.8 Å². The molecule has 0 aliphatic rings. The Labute approximate surface area is 136 Å². The summed E-state index contributed by atoms with van der Waals surface area (Å²) in [7, 11) is 0. The minimum Gasteiger partial charge on any atom is -0.358 e. The number of carbonyl (C=O) groups excluding carboxylic acids is 1. The van der Waals surface area contributed by atoms with Gasteiger partial charge in [-0.2, -0.15) is 0 Å². The summed E-state index contributed by atoms with van der Waals surface area (Å²) in [4.78, 5) is 27.4. The Balaban J connectivity index is 1.94. The number of amides is 1. The Hall–Kier alpha value is -3.02. The highest BCUT2D eigenvalue weighted by atomic mass is 19.1. The first-order valence-corrected chi connectivity index (χ1v) is 7.40. The molecule has 0 bridgehead atoms. The first-order chi connectivity index (χ1) is 11.5. The molecule has 0 spiro atoms. The third-order valence-electron chi connectivity index (χ3n) is 3.70. The van der Waals surface area contributed by atoms with E-state index in [1.54, 1.807) is 12.1 Å². The van der Waals surface area contributed by atoms with E-state index in [0.29, 0.717) is 29.1 Å². The molecule has 24 heavy (non-hydrogen) atoms. The first-order valence-electron chi connectivity index (χ1n) is 7.40. The second-order valence-electron chi connectivity index (χ2n) is 5.35. The van der Waals surface area contributed by atoms with Crippen LogP contribution >= 0.6 is 0 Å². The Morgan fingerprint density at radius 3 is 2.62 bits per heavy atom. The van der Waals surface area contributed by atoms with Gasteiger partial charge in [0.2, 0.25) is 0 Å². The van der Waals surface area contributed by atoms with Crippen molar-refractivity contribution in [1.29, 1.82) is 0 Å². The molecule has 122 valence electrons. The van der Waals surface area contributed by atoms with Gasteiger partial charge in [0.1, 0.15) is 11.6 Å². The minimum absolute atomic E-state index is 0.162. The van der Waals surface area contributed by atoms with Gasteiger partial charge in [-0.1, -0.05) is 6.92 Å². The molecule has 0 fully saturated rings. The molecular formula is C18H14F2N2O2. The van der Waals surface area contributed by atoms with Gasteiger partial charge in [-0.25, -0.2) is 8.78 Å². The van der Waals surface area contributed by atoms with Crippen LogP contribution in [0.15, 0.2) is 47.3 Å². The number of anilines is 1. The maximum Gasteiger partial charge on any atom is 0.258 e. The van der Waals surface area contributed by atoms with E-state index in [2.05, 4.69) is 10.3 Å². The highest BCUT2D eigenvalue weighted by Gasteiger charge is 2.13. The zero-order valence-corrected chi connectivity index (χ0v) is 12.8. The summed E-state index contributed by atoms with van der Waals surface area (Å²) in [6.45, 7) is 1.93. The van der Waals surface area contributed by atoms with Crippen LogP contribution in [0.5, 0.6) is 0 Å². The number of fused-ring (bicyclic) bond motifs is 1. The number of H-pyrrole nitrogens is 1. The number of rotatable bonds is 3. The molecule has 1 heterocycles. The number of aromatic nitrogens is 1. The van der Waals surface area contributed by atoms with Crippen LogP contribution in [-0.2, 0) is 6.42 Å². The van der Waals surface area contributed by atoms with Crippen LogP contribution in [0.3, 0.4) is 0 Å². The molecule has 0 atom stereocenters. The molecule has 0 saturated carbocycles. The summed E-state index contributed by atoms with van der Waals surface area (Å²) >= 11 is 0. The molecular weight excluding hydrogens is 314 g/mol. The highest BCUT2D eigenvalue weighted by molar-refractivity contribution is 6.05. The summed E-state index contributed by atoms with van der Waals surface area (Å²) in [6.07, 6.45) is 0.702. The number of carbonyl (C=O) groups is 1. The van der Waals surface area contributed by atoms with Crippen LogP contribution in [0.25, 0.3) is 10.9 Å². The molecule has 1 amide bonds. The van der Waals surface area contributed by atoms with Crippen LogP contribution in [0.2, 0.25) is 0 Å². The Kier molecular flexibility index (Phi) is 4.12. The largest absolute Gasteiger partial charge is 0.358 e. The maximum atomic E-state index is 13.6. The summed E-state index contributed by atoms with van der Waals surface area (Å²) in [5, 5.41) is 2.93. The van der Waals surface area contributed by atoms with Gasteiger partial charge in [0.05, 0.1) is 5.56 Å². The molecule has 3 aromatic rings. The van der Waals surface area contributed by atoms with Gasteiger partial charge >= 0.3 is 0 Å². The normalized spacial score (nSPS) is 10.8. The van der Waals surface area contributed by atoms with E-state index in [-0.39, 0.29) is 11.0 Å². The third kappa shape index (κ3) is 3.03. The van der Waals surface area contributed by atoms with Crippen LogP contribution < -0.4 is 10.7 Å². The molecule has 1 aromatic heterocycles. The van der Waals surface area contributed by atoms with E-state index in [1.807, 2.05) is 6.92 Å². The topological polar surface area (TPSA) is 62.0 Å². The number of halogens is 2. The van der Waals surface area contributed by atoms with Crippen molar-refractivity contribution in [3.05, 3.63) is 75.6 Å². The van der Waals surface area contributed by atoms with Gasteiger partial charge in [0.15, 0.2) is 5.43 Å². The van der Waals surface area contributed by atoms with Gasteiger partial charge in [-0.3, -0.25) is 9.59 Å². The van der Waals surface area contributed by atoms with Gasteiger partial charge in [0, 0.05) is 34.4 Å². The lowest BCUT2D eigenvalue weighted by molar-refractivity contribution is 0.102. The molecule has 0 aliphatic carbocycles. The van der Waals surface area contributed by atoms with Crippen molar-refractivity contribution in [2.24, 2.45) is 0 Å². The van der Waals surface area contributed by atoms with E-state index in [9.17, 15) is 18.4 Å². The lowest BCUT2D eigenvalue weighted by Gasteiger charge is -2.08. The molecule has 0 radical (unpaired) electrons. The maximum absolute atomic E-state index is 13.6. The number of aromatic amines is 1. The molecule has 2 aromatic carbocycles. The van der Waals surface area contributed by atoms with Gasteiger partial charge in [-0.15, -0.1) is 0 Å². The van der Waals surface area contributed by atoms with Crippen molar-refractivity contribution in [3.8, 4) is 0 Å². The monoisotopic (exact) mass is 328 g/mol. The second kappa shape index (κ2) is 6.23. The summed E-state index contributed by atoms with van der Waals surface area (Å²) < 4.78 is 26.6. The molecule has 3 rings (SSSR count).